The second-order valence-electron chi connectivity index (χ2n) is 5.50. The molecular formula is C12H23N3O4S2. The Bertz CT molecular complexity index is 481. The van der Waals surface area contributed by atoms with Crippen molar-refractivity contribution in [3.63, 3.8) is 0 Å². The van der Waals surface area contributed by atoms with E-state index >= 15 is 0 Å². The van der Waals surface area contributed by atoms with Crippen LogP contribution < -0.4 is 5.73 Å². The highest BCUT2D eigenvalue weighted by molar-refractivity contribution is 8.00. The van der Waals surface area contributed by atoms with Crippen LogP contribution in [-0.4, -0.2) is 66.3 Å². The fourth-order valence-electron chi connectivity index (χ4n) is 2.90. The summed E-state index contributed by atoms with van der Waals surface area (Å²) < 4.78 is 31.3. The Hall–Kier alpha value is -0.510. The summed E-state index contributed by atoms with van der Waals surface area (Å²) in [6.45, 7) is 1.44. The largest absolute Gasteiger partial charge is 0.409 e. The summed E-state index contributed by atoms with van der Waals surface area (Å²) in [5.41, 5.74) is 5.77. The van der Waals surface area contributed by atoms with Gasteiger partial charge in [-0.2, -0.15) is 11.8 Å². The van der Waals surface area contributed by atoms with Gasteiger partial charge >= 0.3 is 0 Å². The van der Waals surface area contributed by atoms with Gasteiger partial charge in [0, 0.05) is 19.7 Å². The minimum atomic E-state index is -3.30. The van der Waals surface area contributed by atoms with Crippen LogP contribution in [0.25, 0.3) is 0 Å². The molecule has 0 bridgehead atoms. The van der Waals surface area contributed by atoms with Crippen molar-refractivity contribution < 1.29 is 18.4 Å². The summed E-state index contributed by atoms with van der Waals surface area (Å²) in [5.74, 6) is 0.231. The second-order valence-corrected chi connectivity index (χ2v) is 8.70. The average molecular weight is 337 g/mol. The van der Waals surface area contributed by atoms with E-state index in [2.05, 4.69) is 5.16 Å². The molecule has 0 aromatic rings. The van der Waals surface area contributed by atoms with E-state index in [0.29, 0.717) is 32.5 Å². The zero-order valence-corrected chi connectivity index (χ0v) is 13.8. The predicted molar refractivity (Wildman–Crippen MR) is 83.2 cm³/mol. The molecule has 0 amide bonds. The van der Waals surface area contributed by atoms with Gasteiger partial charge in [-0.05, 0) is 31.9 Å². The lowest BCUT2D eigenvalue weighted by Crippen LogP contribution is -2.52. The number of sulfonamides is 1. The predicted octanol–water partition coefficient (Wildman–Crippen LogP) is 0.439. The number of thioether (sulfide) groups is 1. The SMILES string of the molecule is CSC1(C(N)=NO)CCN(S(=O)(=O)CC2CCCO2)CC1. The molecule has 0 aliphatic carbocycles. The van der Waals surface area contributed by atoms with E-state index in [1.165, 1.54) is 16.1 Å². The summed E-state index contributed by atoms with van der Waals surface area (Å²) in [5, 5.41) is 12.0. The van der Waals surface area contributed by atoms with Crippen LogP contribution in [0.4, 0.5) is 0 Å². The number of piperidine rings is 1. The molecule has 0 spiro atoms. The van der Waals surface area contributed by atoms with Crippen molar-refractivity contribution in [3.8, 4) is 0 Å². The van der Waals surface area contributed by atoms with Crippen LogP contribution in [0.5, 0.6) is 0 Å². The van der Waals surface area contributed by atoms with Crippen molar-refractivity contribution in [1.82, 2.24) is 4.31 Å². The maximum Gasteiger partial charge on any atom is 0.216 e. The smallest absolute Gasteiger partial charge is 0.216 e. The van der Waals surface area contributed by atoms with Crippen LogP contribution in [-0.2, 0) is 14.8 Å². The third kappa shape index (κ3) is 3.64. The Labute approximate surface area is 129 Å². The molecule has 2 fully saturated rings. The van der Waals surface area contributed by atoms with Gasteiger partial charge in [0.2, 0.25) is 10.0 Å². The molecule has 0 aromatic carbocycles. The quantitative estimate of drug-likeness (QED) is 0.326. The average Bonchev–Trinajstić information content (AvgIpc) is 2.98. The van der Waals surface area contributed by atoms with Gasteiger partial charge in [0.25, 0.3) is 0 Å². The Balaban J connectivity index is 1.99. The summed E-state index contributed by atoms with van der Waals surface area (Å²) in [6, 6.07) is 0. The van der Waals surface area contributed by atoms with E-state index in [1.54, 1.807) is 0 Å². The Morgan fingerprint density at radius 3 is 2.67 bits per heavy atom. The van der Waals surface area contributed by atoms with Gasteiger partial charge in [-0.15, -0.1) is 0 Å². The Morgan fingerprint density at radius 1 is 1.52 bits per heavy atom. The summed E-state index contributed by atoms with van der Waals surface area (Å²) >= 11 is 1.51. The van der Waals surface area contributed by atoms with Gasteiger partial charge in [-0.1, -0.05) is 5.16 Å². The maximum atomic E-state index is 12.4. The fraction of sp³-hybridized carbons (Fsp3) is 0.917. The van der Waals surface area contributed by atoms with Crippen LogP contribution in [0.2, 0.25) is 0 Å². The zero-order chi connectivity index (χ0) is 15.5. The van der Waals surface area contributed by atoms with Gasteiger partial charge in [0.1, 0.15) is 0 Å². The topological polar surface area (TPSA) is 105 Å². The third-order valence-corrected chi connectivity index (χ3v) is 7.65. The number of nitrogens with two attached hydrogens (primary N) is 1. The lowest BCUT2D eigenvalue weighted by atomic mass is 9.96. The first-order chi connectivity index (χ1) is 9.93. The maximum absolute atomic E-state index is 12.4. The molecule has 2 heterocycles. The van der Waals surface area contributed by atoms with E-state index in [-0.39, 0.29) is 17.7 Å². The molecule has 0 radical (unpaired) electrons. The van der Waals surface area contributed by atoms with Crippen molar-refractivity contribution in [2.75, 3.05) is 31.7 Å². The molecule has 122 valence electrons. The summed E-state index contributed by atoms with van der Waals surface area (Å²) in [4.78, 5) is 0. The second kappa shape index (κ2) is 6.72. The monoisotopic (exact) mass is 337 g/mol. The fourth-order valence-corrected chi connectivity index (χ4v) is 5.42. The van der Waals surface area contributed by atoms with E-state index in [1.807, 2.05) is 6.26 Å². The Kier molecular flexibility index (Phi) is 5.39. The first-order valence-electron chi connectivity index (χ1n) is 7.06. The molecule has 0 aromatic heterocycles. The first kappa shape index (κ1) is 16.9. The van der Waals surface area contributed by atoms with E-state index in [4.69, 9.17) is 15.7 Å². The number of ether oxygens (including phenoxy) is 1. The van der Waals surface area contributed by atoms with Gasteiger partial charge < -0.3 is 15.7 Å². The standard InChI is InChI=1S/C12H23N3O4S2/c1-20-12(11(13)14-16)4-6-15(7-5-12)21(17,18)9-10-3-2-8-19-10/h10,16H,2-9H2,1H3,(H2,13,14). The molecular weight excluding hydrogens is 314 g/mol. The number of amidine groups is 1. The third-order valence-electron chi connectivity index (χ3n) is 4.31. The highest BCUT2D eigenvalue weighted by atomic mass is 32.2. The van der Waals surface area contributed by atoms with E-state index in [0.717, 1.165) is 12.8 Å². The molecule has 2 aliphatic heterocycles. The van der Waals surface area contributed by atoms with Crippen LogP contribution >= 0.6 is 11.8 Å². The molecule has 0 saturated carbocycles. The lowest BCUT2D eigenvalue weighted by molar-refractivity contribution is 0.126. The molecule has 3 N–H and O–H groups in total. The highest BCUT2D eigenvalue weighted by Gasteiger charge is 2.41. The van der Waals surface area contributed by atoms with Crippen LogP contribution in [0.3, 0.4) is 0 Å². The van der Waals surface area contributed by atoms with Crippen molar-refractivity contribution in [3.05, 3.63) is 0 Å². The number of hydrogen-bond acceptors (Lipinski definition) is 6. The van der Waals surface area contributed by atoms with Gasteiger partial charge in [-0.25, -0.2) is 12.7 Å². The normalized spacial score (nSPS) is 27.9. The minimum absolute atomic E-state index is 0.0584. The van der Waals surface area contributed by atoms with Gasteiger partial charge in [-0.3, -0.25) is 0 Å². The minimum Gasteiger partial charge on any atom is -0.409 e. The Morgan fingerprint density at radius 2 is 2.19 bits per heavy atom. The van der Waals surface area contributed by atoms with Crippen LogP contribution in [0, 0.1) is 0 Å². The molecule has 9 heteroatoms. The molecule has 7 nitrogen and oxygen atoms in total. The molecule has 2 rings (SSSR count). The van der Waals surface area contributed by atoms with Gasteiger partial charge in [0.05, 0.1) is 16.6 Å². The van der Waals surface area contributed by atoms with Crippen molar-refractivity contribution >= 4 is 27.6 Å². The van der Waals surface area contributed by atoms with Crippen LogP contribution in [0.1, 0.15) is 25.7 Å². The molecule has 21 heavy (non-hydrogen) atoms. The van der Waals surface area contributed by atoms with Crippen molar-refractivity contribution in [2.45, 2.75) is 36.5 Å². The van der Waals surface area contributed by atoms with E-state index < -0.39 is 14.8 Å². The number of oxime groups is 1. The zero-order valence-electron chi connectivity index (χ0n) is 12.2. The number of hydrogen-bond donors (Lipinski definition) is 2. The summed E-state index contributed by atoms with van der Waals surface area (Å²) in [7, 11) is -3.30. The van der Waals surface area contributed by atoms with E-state index in [9.17, 15) is 8.42 Å². The van der Waals surface area contributed by atoms with Gasteiger partial charge in [0.15, 0.2) is 5.84 Å². The lowest BCUT2D eigenvalue weighted by Gasteiger charge is -2.39. The number of rotatable bonds is 5. The highest BCUT2D eigenvalue weighted by Crippen LogP contribution is 2.35. The van der Waals surface area contributed by atoms with Crippen LogP contribution in [0.15, 0.2) is 5.16 Å². The summed E-state index contributed by atoms with van der Waals surface area (Å²) in [6.07, 6.45) is 4.56. The molecule has 2 saturated heterocycles. The van der Waals surface area contributed by atoms with Crippen molar-refractivity contribution in [1.29, 1.82) is 0 Å². The molecule has 1 unspecified atom stereocenters. The molecule has 2 aliphatic rings. The first-order valence-corrected chi connectivity index (χ1v) is 9.89. The van der Waals surface area contributed by atoms with Crippen molar-refractivity contribution in [2.24, 2.45) is 10.9 Å². The molecule has 1 atom stereocenters. The number of nitrogens with zero attached hydrogens (tertiary/aromatic N) is 2.